The minimum atomic E-state index is -0.306. The second-order valence-corrected chi connectivity index (χ2v) is 6.33. The molecule has 0 radical (unpaired) electrons. The fourth-order valence-electron chi connectivity index (χ4n) is 2.09. The molecular weight excluding hydrogens is 285 g/mol. The summed E-state index contributed by atoms with van der Waals surface area (Å²) < 4.78 is 14.1. The molecule has 1 aromatic heterocycles. The zero-order chi connectivity index (χ0) is 15.4. The lowest BCUT2D eigenvalue weighted by Gasteiger charge is -2.26. The first kappa shape index (κ1) is 15.7. The van der Waals surface area contributed by atoms with Crippen molar-refractivity contribution >= 4 is 17.2 Å². The maximum absolute atomic E-state index is 14.1. The average Bonchev–Trinajstić information content (AvgIpc) is 2.92. The largest absolute Gasteiger partial charge is 0.384 e. The zero-order valence-corrected chi connectivity index (χ0v) is 13.1. The molecule has 3 nitrogen and oxygen atoms in total. The highest BCUT2D eigenvalue weighted by Gasteiger charge is 2.14. The fraction of sp³-hybridized carbons (Fsp3) is 0.312. The molecule has 21 heavy (non-hydrogen) atoms. The lowest BCUT2D eigenvalue weighted by Crippen LogP contribution is -2.30. The van der Waals surface area contributed by atoms with Crippen molar-refractivity contribution in [1.29, 1.82) is 5.41 Å². The molecule has 0 atom stereocenters. The summed E-state index contributed by atoms with van der Waals surface area (Å²) in [6.07, 6.45) is 0. The van der Waals surface area contributed by atoms with Gasteiger partial charge in [0.25, 0.3) is 0 Å². The van der Waals surface area contributed by atoms with Gasteiger partial charge in [0.15, 0.2) is 0 Å². The third kappa shape index (κ3) is 4.12. The molecule has 0 amide bonds. The molecule has 5 heteroatoms. The molecule has 0 spiro atoms. The van der Waals surface area contributed by atoms with Crippen LogP contribution in [0.25, 0.3) is 0 Å². The number of nitrogens with zero attached hydrogens (tertiary/aromatic N) is 1. The van der Waals surface area contributed by atoms with Crippen LogP contribution in [0, 0.1) is 11.2 Å². The molecule has 112 valence electrons. The Kier molecular flexibility index (Phi) is 5.09. The van der Waals surface area contributed by atoms with Gasteiger partial charge in [-0.3, -0.25) is 10.3 Å². The van der Waals surface area contributed by atoms with Crippen LogP contribution in [0.3, 0.4) is 0 Å². The van der Waals surface area contributed by atoms with E-state index in [4.69, 9.17) is 11.1 Å². The standard InChI is InChI=1S/C16H20FN3S/c1-11(2)20(10-14-4-3-7-21-14)9-13-6-5-12(16(18)19)8-15(13)17/h3-8,11H,9-10H2,1-2H3,(H3,18,19). The van der Waals surface area contributed by atoms with E-state index >= 15 is 0 Å². The minimum absolute atomic E-state index is 0.111. The van der Waals surface area contributed by atoms with Crippen molar-refractivity contribution in [3.8, 4) is 0 Å². The first-order chi connectivity index (χ1) is 9.97. The number of thiophene rings is 1. The van der Waals surface area contributed by atoms with Crippen molar-refractivity contribution in [3.05, 3.63) is 57.5 Å². The van der Waals surface area contributed by atoms with Crippen molar-refractivity contribution in [2.45, 2.75) is 33.0 Å². The number of nitrogen functional groups attached to an aromatic ring is 1. The van der Waals surface area contributed by atoms with Gasteiger partial charge >= 0.3 is 0 Å². The van der Waals surface area contributed by atoms with Gasteiger partial charge in [-0.2, -0.15) is 0 Å². The highest BCUT2D eigenvalue weighted by Crippen LogP contribution is 2.19. The van der Waals surface area contributed by atoms with Crippen LogP contribution in [0.4, 0.5) is 4.39 Å². The highest BCUT2D eigenvalue weighted by molar-refractivity contribution is 7.09. The van der Waals surface area contributed by atoms with Crippen molar-refractivity contribution in [3.63, 3.8) is 0 Å². The van der Waals surface area contributed by atoms with Gasteiger partial charge < -0.3 is 5.73 Å². The Morgan fingerprint density at radius 1 is 1.33 bits per heavy atom. The number of hydrogen-bond donors (Lipinski definition) is 2. The maximum Gasteiger partial charge on any atom is 0.128 e. The Morgan fingerprint density at radius 2 is 2.10 bits per heavy atom. The van der Waals surface area contributed by atoms with E-state index in [0.29, 0.717) is 23.7 Å². The van der Waals surface area contributed by atoms with Crippen LogP contribution in [-0.4, -0.2) is 16.8 Å². The summed E-state index contributed by atoms with van der Waals surface area (Å²) in [6, 6.07) is 9.19. The predicted molar refractivity (Wildman–Crippen MR) is 86.1 cm³/mol. The molecule has 0 aliphatic rings. The predicted octanol–water partition coefficient (Wildman–Crippen LogP) is 3.58. The monoisotopic (exact) mass is 305 g/mol. The van der Waals surface area contributed by atoms with Crippen LogP contribution in [0.5, 0.6) is 0 Å². The smallest absolute Gasteiger partial charge is 0.128 e. The van der Waals surface area contributed by atoms with E-state index < -0.39 is 0 Å². The van der Waals surface area contributed by atoms with Gasteiger partial charge in [-0.1, -0.05) is 18.2 Å². The maximum atomic E-state index is 14.1. The van der Waals surface area contributed by atoms with E-state index in [2.05, 4.69) is 30.2 Å². The second-order valence-electron chi connectivity index (χ2n) is 5.30. The first-order valence-electron chi connectivity index (χ1n) is 6.86. The van der Waals surface area contributed by atoms with Crippen LogP contribution < -0.4 is 5.73 Å². The Morgan fingerprint density at radius 3 is 2.62 bits per heavy atom. The van der Waals surface area contributed by atoms with Crippen molar-refractivity contribution in [1.82, 2.24) is 4.90 Å². The minimum Gasteiger partial charge on any atom is -0.384 e. The van der Waals surface area contributed by atoms with E-state index in [1.165, 1.54) is 10.9 Å². The summed E-state index contributed by atoms with van der Waals surface area (Å²) in [5.74, 6) is -0.417. The van der Waals surface area contributed by atoms with Crippen LogP contribution in [-0.2, 0) is 13.1 Å². The molecule has 0 saturated heterocycles. The summed E-state index contributed by atoms with van der Waals surface area (Å²) in [7, 11) is 0. The molecule has 0 fully saturated rings. The zero-order valence-electron chi connectivity index (χ0n) is 12.3. The normalized spacial score (nSPS) is 11.3. The molecule has 3 N–H and O–H groups in total. The van der Waals surface area contributed by atoms with Gasteiger partial charge in [-0.05, 0) is 31.4 Å². The Bertz CT molecular complexity index is 608. The molecule has 1 heterocycles. The van der Waals surface area contributed by atoms with Crippen LogP contribution >= 0.6 is 11.3 Å². The molecule has 0 bridgehead atoms. The molecule has 1 aromatic carbocycles. The number of rotatable bonds is 6. The second kappa shape index (κ2) is 6.83. The van der Waals surface area contributed by atoms with Crippen LogP contribution in [0.2, 0.25) is 0 Å². The SMILES string of the molecule is CC(C)N(Cc1cccs1)Cc1ccc(C(=N)N)cc1F. The summed E-state index contributed by atoms with van der Waals surface area (Å²) >= 11 is 1.71. The van der Waals surface area contributed by atoms with E-state index in [0.717, 1.165) is 6.54 Å². The first-order valence-corrected chi connectivity index (χ1v) is 7.74. The molecular formula is C16H20FN3S. The third-order valence-electron chi connectivity index (χ3n) is 3.41. The number of benzene rings is 1. The van der Waals surface area contributed by atoms with Crippen molar-refractivity contribution in [2.75, 3.05) is 0 Å². The van der Waals surface area contributed by atoms with Crippen molar-refractivity contribution < 1.29 is 4.39 Å². The quantitative estimate of drug-likeness (QED) is 0.633. The third-order valence-corrected chi connectivity index (χ3v) is 4.27. The van der Waals surface area contributed by atoms with E-state index in [9.17, 15) is 4.39 Å². The molecule has 0 unspecified atom stereocenters. The van der Waals surface area contributed by atoms with Crippen LogP contribution in [0.1, 0.15) is 29.9 Å². The molecule has 0 aliphatic heterocycles. The molecule has 0 saturated carbocycles. The van der Waals surface area contributed by atoms with E-state index in [1.807, 2.05) is 6.07 Å². The van der Waals surface area contributed by atoms with Gasteiger partial charge in [-0.15, -0.1) is 11.3 Å². The van der Waals surface area contributed by atoms with E-state index in [-0.39, 0.29) is 11.7 Å². The van der Waals surface area contributed by atoms with Gasteiger partial charge in [0.2, 0.25) is 0 Å². The van der Waals surface area contributed by atoms with Gasteiger partial charge in [0.1, 0.15) is 11.7 Å². The number of amidine groups is 1. The summed E-state index contributed by atoms with van der Waals surface area (Å²) in [4.78, 5) is 3.49. The molecule has 2 rings (SSSR count). The lowest BCUT2D eigenvalue weighted by atomic mass is 10.1. The summed E-state index contributed by atoms with van der Waals surface area (Å²) in [5, 5.41) is 9.40. The number of nitrogens with one attached hydrogen (secondary N) is 1. The van der Waals surface area contributed by atoms with Gasteiger partial charge in [0, 0.05) is 35.1 Å². The Labute approximate surface area is 128 Å². The van der Waals surface area contributed by atoms with E-state index in [1.54, 1.807) is 23.5 Å². The number of hydrogen-bond acceptors (Lipinski definition) is 3. The molecule has 2 aromatic rings. The summed E-state index contributed by atoms with van der Waals surface area (Å²) in [6.45, 7) is 5.56. The number of nitrogens with two attached hydrogens (primary N) is 1. The molecule has 0 aliphatic carbocycles. The Balaban J connectivity index is 2.15. The fourth-order valence-corrected chi connectivity index (χ4v) is 2.82. The highest BCUT2D eigenvalue weighted by atomic mass is 32.1. The summed E-state index contributed by atoms with van der Waals surface area (Å²) in [5.41, 5.74) is 6.43. The lowest BCUT2D eigenvalue weighted by molar-refractivity contribution is 0.203. The average molecular weight is 305 g/mol. The number of halogens is 1. The Hall–Kier alpha value is -1.72. The van der Waals surface area contributed by atoms with Gasteiger partial charge in [-0.25, -0.2) is 4.39 Å². The van der Waals surface area contributed by atoms with Gasteiger partial charge in [0.05, 0.1) is 0 Å². The topological polar surface area (TPSA) is 53.1 Å². The van der Waals surface area contributed by atoms with Crippen LogP contribution in [0.15, 0.2) is 35.7 Å². The van der Waals surface area contributed by atoms with Crippen molar-refractivity contribution in [2.24, 2.45) is 5.73 Å².